The van der Waals surface area contributed by atoms with E-state index in [2.05, 4.69) is 0 Å². The third-order valence-corrected chi connectivity index (χ3v) is 3.59. The molecule has 0 aliphatic rings. The quantitative estimate of drug-likeness (QED) is 0.863. The van der Waals surface area contributed by atoms with Gasteiger partial charge in [0.1, 0.15) is 11.9 Å². The highest BCUT2D eigenvalue weighted by Crippen LogP contribution is 2.32. The molecular weight excluding hydrogens is 247 g/mol. The van der Waals surface area contributed by atoms with E-state index in [1.165, 1.54) is 17.4 Å². The number of aliphatic hydroxyl groups excluding tert-OH is 1. The van der Waals surface area contributed by atoms with E-state index < -0.39 is 11.9 Å². The van der Waals surface area contributed by atoms with E-state index in [1.54, 1.807) is 24.3 Å². The SMILES string of the molecule is Cc1ccc(F)c(C(O)c2ccc(Cl)s2)c1. The Morgan fingerprint density at radius 2 is 2.06 bits per heavy atom. The molecule has 1 atom stereocenters. The van der Waals surface area contributed by atoms with Crippen LogP contribution in [-0.4, -0.2) is 5.11 Å². The predicted octanol–water partition coefficient (Wildman–Crippen LogP) is 3.93. The second-order valence-corrected chi connectivity index (χ2v) is 5.32. The number of aryl methyl sites for hydroxylation is 1. The molecule has 0 saturated heterocycles. The van der Waals surface area contributed by atoms with E-state index in [0.717, 1.165) is 5.56 Å². The van der Waals surface area contributed by atoms with Gasteiger partial charge in [-0.25, -0.2) is 4.39 Å². The standard InChI is InChI=1S/C12H10ClFOS/c1-7-2-3-9(14)8(6-7)12(15)10-4-5-11(13)16-10/h2-6,12,15H,1H3. The van der Waals surface area contributed by atoms with Gasteiger partial charge in [0, 0.05) is 10.4 Å². The van der Waals surface area contributed by atoms with Gasteiger partial charge < -0.3 is 5.11 Å². The molecule has 0 fully saturated rings. The minimum absolute atomic E-state index is 0.290. The van der Waals surface area contributed by atoms with Crippen molar-refractivity contribution in [1.29, 1.82) is 0 Å². The van der Waals surface area contributed by atoms with Crippen molar-refractivity contribution in [3.63, 3.8) is 0 Å². The highest BCUT2D eigenvalue weighted by Gasteiger charge is 2.16. The molecular formula is C12H10ClFOS. The Labute approximate surface area is 102 Å². The lowest BCUT2D eigenvalue weighted by Crippen LogP contribution is -2.00. The van der Waals surface area contributed by atoms with Crippen LogP contribution in [-0.2, 0) is 0 Å². The van der Waals surface area contributed by atoms with Crippen LogP contribution < -0.4 is 0 Å². The van der Waals surface area contributed by atoms with Gasteiger partial charge in [-0.15, -0.1) is 11.3 Å². The Morgan fingerprint density at radius 3 is 2.69 bits per heavy atom. The summed E-state index contributed by atoms with van der Waals surface area (Å²) >= 11 is 7.03. The smallest absolute Gasteiger partial charge is 0.129 e. The fraction of sp³-hybridized carbons (Fsp3) is 0.167. The molecule has 0 aliphatic carbocycles. The lowest BCUT2D eigenvalue weighted by Gasteiger charge is -2.10. The summed E-state index contributed by atoms with van der Waals surface area (Å²) in [5.74, 6) is -0.400. The lowest BCUT2D eigenvalue weighted by atomic mass is 10.0. The first-order valence-corrected chi connectivity index (χ1v) is 5.96. The van der Waals surface area contributed by atoms with Crippen molar-refractivity contribution in [3.8, 4) is 0 Å². The Hall–Kier alpha value is -0.900. The molecule has 16 heavy (non-hydrogen) atoms. The molecule has 0 saturated carbocycles. The molecule has 1 nitrogen and oxygen atoms in total. The minimum atomic E-state index is -0.947. The normalized spacial score (nSPS) is 12.8. The number of halogens is 2. The van der Waals surface area contributed by atoms with Crippen molar-refractivity contribution in [2.45, 2.75) is 13.0 Å². The second kappa shape index (κ2) is 4.53. The van der Waals surface area contributed by atoms with Crippen LogP contribution in [0.3, 0.4) is 0 Å². The maximum Gasteiger partial charge on any atom is 0.129 e. The zero-order chi connectivity index (χ0) is 11.7. The highest BCUT2D eigenvalue weighted by molar-refractivity contribution is 7.16. The van der Waals surface area contributed by atoms with E-state index >= 15 is 0 Å². The summed E-state index contributed by atoms with van der Waals surface area (Å²) in [6.07, 6.45) is -0.947. The van der Waals surface area contributed by atoms with Gasteiger partial charge in [0.15, 0.2) is 0 Å². The van der Waals surface area contributed by atoms with E-state index in [1.807, 2.05) is 6.92 Å². The highest BCUT2D eigenvalue weighted by atomic mass is 35.5. The average molecular weight is 257 g/mol. The summed E-state index contributed by atoms with van der Waals surface area (Å²) in [4.78, 5) is 0.648. The average Bonchev–Trinajstić information content (AvgIpc) is 2.67. The molecule has 0 spiro atoms. The number of thiophene rings is 1. The number of hydrogen-bond donors (Lipinski definition) is 1. The van der Waals surface area contributed by atoms with E-state index in [4.69, 9.17) is 11.6 Å². The largest absolute Gasteiger partial charge is 0.383 e. The Bertz CT molecular complexity index is 509. The van der Waals surface area contributed by atoms with Gasteiger partial charge in [0.25, 0.3) is 0 Å². The maximum absolute atomic E-state index is 13.5. The molecule has 0 bridgehead atoms. The fourth-order valence-electron chi connectivity index (χ4n) is 1.50. The molecule has 2 aromatic rings. The van der Waals surface area contributed by atoms with E-state index in [-0.39, 0.29) is 0 Å². The Morgan fingerprint density at radius 1 is 1.31 bits per heavy atom. The van der Waals surface area contributed by atoms with Crippen LogP contribution in [0.25, 0.3) is 0 Å². The van der Waals surface area contributed by atoms with Crippen molar-refractivity contribution < 1.29 is 9.50 Å². The predicted molar refractivity (Wildman–Crippen MR) is 64.5 cm³/mol. The zero-order valence-electron chi connectivity index (χ0n) is 8.58. The van der Waals surface area contributed by atoms with Gasteiger partial charge in [0.2, 0.25) is 0 Å². The van der Waals surface area contributed by atoms with E-state index in [0.29, 0.717) is 14.8 Å². The molecule has 0 radical (unpaired) electrons. The van der Waals surface area contributed by atoms with Crippen LogP contribution in [0.4, 0.5) is 4.39 Å². The Balaban J connectivity index is 2.40. The molecule has 1 aromatic heterocycles. The van der Waals surface area contributed by atoms with Crippen molar-refractivity contribution in [2.75, 3.05) is 0 Å². The van der Waals surface area contributed by atoms with Gasteiger partial charge in [-0.3, -0.25) is 0 Å². The van der Waals surface area contributed by atoms with Crippen molar-refractivity contribution in [3.05, 3.63) is 56.5 Å². The molecule has 2 rings (SSSR count). The van der Waals surface area contributed by atoms with Crippen molar-refractivity contribution in [2.24, 2.45) is 0 Å². The summed E-state index contributed by atoms with van der Waals surface area (Å²) in [5, 5.41) is 10.0. The summed E-state index contributed by atoms with van der Waals surface area (Å²) < 4.78 is 14.1. The maximum atomic E-state index is 13.5. The summed E-state index contributed by atoms with van der Waals surface area (Å²) in [7, 11) is 0. The molecule has 1 unspecified atom stereocenters. The Kier molecular flexibility index (Phi) is 3.28. The molecule has 0 aliphatic heterocycles. The molecule has 1 heterocycles. The van der Waals surface area contributed by atoms with Crippen LogP contribution >= 0.6 is 22.9 Å². The summed E-state index contributed by atoms with van der Waals surface area (Å²) in [6, 6.07) is 8.08. The van der Waals surface area contributed by atoms with Gasteiger partial charge in [-0.1, -0.05) is 29.3 Å². The monoisotopic (exact) mass is 256 g/mol. The van der Waals surface area contributed by atoms with Crippen molar-refractivity contribution in [1.82, 2.24) is 0 Å². The molecule has 1 aromatic carbocycles. The molecule has 84 valence electrons. The van der Waals surface area contributed by atoms with Gasteiger partial charge in [-0.2, -0.15) is 0 Å². The molecule has 4 heteroatoms. The van der Waals surface area contributed by atoms with Crippen LogP contribution in [0.15, 0.2) is 30.3 Å². The summed E-state index contributed by atoms with van der Waals surface area (Å²) in [6.45, 7) is 1.86. The van der Waals surface area contributed by atoms with Gasteiger partial charge in [-0.05, 0) is 25.1 Å². The first kappa shape index (κ1) is 11.6. The van der Waals surface area contributed by atoms with Crippen LogP contribution in [0.1, 0.15) is 22.1 Å². The van der Waals surface area contributed by atoms with Gasteiger partial charge in [0.05, 0.1) is 4.34 Å². The summed E-state index contributed by atoms with van der Waals surface area (Å²) in [5.41, 5.74) is 1.21. The van der Waals surface area contributed by atoms with E-state index in [9.17, 15) is 9.50 Å². The fourth-order valence-corrected chi connectivity index (χ4v) is 2.57. The first-order valence-electron chi connectivity index (χ1n) is 4.77. The third kappa shape index (κ3) is 2.26. The second-order valence-electron chi connectivity index (χ2n) is 3.57. The molecule has 0 amide bonds. The lowest BCUT2D eigenvalue weighted by molar-refractivity contribution is 0.218. The van der Waals surface area contributed by atoms with Gasteiger partial charge >= 0.3 is 0 Å². The first-order chi connectivity index (χ1) is 7.58. The number of benzene rings is 1. The number of aliphatic hydroxyl groups is 1. The molecule has 1 N–H and O–H groups in total. The van der Waals surface area contributed by atoms with Crippen molar-refractivity contribution >= 4 is 22.9 Å². The topological polar surface area (TPSA) is 20.2 Å². The third-order valence-electron chi connectivity index (χ3n) is 2.31. The number of rotatable bonds is 2. The zero-order valence-corrected chi connectivity index (χ0v) is 10.1. The van der Waals surface area contributed by atoms with Crippen LogP contribution in [0.5, 0.6) is 0 Å². The number of hydrogen-bond acceptors (Lipinski definition) is 2. The minimum Gasteiger partial charge on any atom is -0.383 e. The van der Waals surface area contributed by atoms with Crippen LogP contribution in [0, 0.1) is 12.7 Å². The van der Waals surface area contributed by atoms with Crippen LogP contribution in [0.2, 0.25) is 4.34 Å².